The Bertz CT molecular complexity index is 638. The molecular weight excluding hydrogens is 362 g/mol. The van der Waals surface area contributed by atoms with E-state index >= 15 is 0 Å². The zero-order chi connectivity index (χ0) is 21.2. The number of guanidine groups is 1. The highest BCUT2D eigenvalue weighted by Gasteiger charge is 2.22. The van der Waals surface area contributed by atoms with Crippen LogP contribution in [0, 0.1) is 0 Å². The summed E-state index contributed by atoms with van der Waals surface area (Å²) in [5, 5.41) is 6.71. The van der Waals surface area contributed by atoms with Crippen molar-refractivity contribution in [2.24, 2.45) is 4.99 Å². The number of rotatable bonds is 10. The molecule has 1 aromatic carbocycles. The average Bonchev–Trinajstić information content (AvgIpc) is 3.12. The van der Waals surface area contributed by atoms with Gasteiger partial charge in [-0.05, 0) is 52.2 Å². The van der Waals surface area contributed by atoms with Gasteiger partial charge >= 0.3 is 0 Å². The van der Waals surface area contributed by atoms with E-state index in [1.54, 1.807) is 0 Å². The maximum atomic E-state index is 12.5. The van der Waals surface area contributed by atoms with Crippen LogP contribution in [0.1, 0.15) is 58.6 Å². The van der Waals surface area contributed by atoms with Crippen LogP contribution in [0.2, 0.25) is 0 Å². The number of benzene rings is 1. The molecule has 0 fully saturated rings. The minimum Gasteiger partial charge on any atom is -0.357 e. The summed E-state index contributed by atoms with van der Waals surface area (Å²) in [5.41, 5.74) is 2.55. The molecule has 0 unspecified atom stereocenters. The highest BCUT2D eigenvalue weighted by atomic mass is 16.2. The monoisotopic (exact) mass is 401 g/mol. The van der Waals surface area contributed by atoms with Crippen LogP contribution in [0.25, 0.3) is 0 Å². The van der Waals surface area contributed by atoms with Crippen LogP contribution >= 0.6 is 0 Å². The number of aliphatic imine (C=N–C) groups is 1. The Hall–Kier alpha value is -2.08. The molecule has 0 aliphatic carbocycles. The number of carbonyl (C=O) groups excluding carboxylic acids is 1. The van der Waals surface area contributed by atoms with Gasteiger partial charge < -0.3 is 15.5 Å². The lowest BCUT2D eigenvalue weighted by molar-refractivity contribution is -0.131. The first-order chi connectivity index (χ1) is 13.9. The lowest BCUT2D eigenvalue weighted by Crippen LogP contribution is -2.45. The molecule has 1 aliphatic heterocycles. The molecule has 162 valence electrons. The highest BCUT2D eigenvalue weighted by molar-refractivity contribution is 5.80. The molecular formula is C23H39N5O. The van der Waals surface area contributed by atoms with Crippen LogP contribution in [0.15, 0.2) is 29.3 Å². The van der Waals surface area contributed by atoms with E-state index in [4.69, 9.17) is 0 Å². The predicted molar refractivity (Wildman–Crippen MR) is 121 cm³/mol. The lowest BCUT2D eigenvalue weighted by atomic mass is 10.1. The van der Waals surface area contributed by atoms with Crippen LogP contribution in [-0.2, 0) is 17.9 Å². The molecule has 0 spiro atoms. The first-order valence-corrected chi connectivity index (χ1v) is 11.0. The Morgan fingerprint density at radius 3 is 2.28 bits per heavy atom. The number of hydrogen-bond acceptors (Lipinski definition) is 3. The second-order valence-corrected chi connectivity index (χ2v) is 8.23. The second-order valence-electron chi connectivity index (χ2n) is 8.23. The Balaban J connectivity index is 1.72. The molecule has 2 N–H and O–H groups in total. The Morgan fingerprint density at radius 1 is 1.10 bits per heavy atom. The van der Waals surface area contributed by atoms with Crippen molar-refractivity contribution >= 4 is 11.9 Å². The van der Waals surface area contributed by atoms with Gasteiger partial charge in [-0.3, -0.25) is 14.7 Å². The van der Waals surface area contributed by atoms with Crippen molar-refractivity contribution < 1.29 is 4.79 Å². The van der Waals surface area contributed by atoms with E-state index in [0.717, 1.165) is 45.1 Å². The maximum Gasteiger partial charge on any atom is 0.223 e. The quantitative estimate of drug-likeness (QED) is 0.359. The van der Waals surface area contributed by atoms with Gasteiger partial charge in [0.05, 0.1) is 0 Å². The fourth-order valence-electron chi connectivity index (χ4n) is 3.85. The van der Waals surface area contributed by atoms with Crippen molar-refractivity contribution in [3.8, 4) is 0 Å². The first kappa shape index (κ1) is 23.2. The van der Waals surface area contributed by atoms with Crippen molar-refractivity contribution in [1.29, 1.82) is 0 Å². The van der Waals surface area contributed by atoms with Gasteiger partial charge in [-0.15, -0.1) is 0 Å². The van der Waals surface area contributed by atoms with Gasteiger partial charge in [-0.25, -0.2) is 0 Å². The molecule has 0 saturated carbocycles. The zero-order valence-corrected chi connectivity index (χ0v) is 18.9. The van der Waals surface area contributed by atoms with E-state index in [-0.39, 0.29) is 5.91 Å². The number of amides is 1. The summed E-state index contributed by atoms with van der Waals surface area (Å²) in [5.74, 6) is 1.06. The van der Waals surface area contributed by atoms with E-state index in [1.807, 2.05) is 17.0 Å². The summed E-state index contributed by atoms with van der Waals surface area (Å²) in [6.07, 6.45) is 1.32. The summed E-state index contributed by atoms with van der Waals surface area (Å²) in [6, 6.07) is 9.36. The summed E-state index contributed by atoms with van der Waals surface area (Å²) >= 11 is 0. The molecule has 1 aromatic rings. The molecule has 2 rings (SSSR count). The van der Waals surface area contributed by atoms with Crippen molar-refractivity contribution in [2.45, 2.75) is 72.6 Å². The summed E-state index contributed by atoms with van der Waals surface area (Å²) in [6.45, 7) is 15.8. The fraction of sp³-hybridized carbons (Fsp3) is 0.652. The van der Waals surface area contributed by atoms with Crippen LogP contribution in [0.5, 0.6) is 0 Å². The third-order valence-electron chi connectivity index (χ3n) is 5.35. The van der Waals surface area contributed by atoms with Gasteiger partial charge in [0, 0.05) is 57.8 Å². The summed E-state index contributed by atoms with van der Waals surface area (Å²) in [4.78, 5) is 21.6. The summed E-state index contributed by atoms with van der Waals surface area (Å²) in [7, 11) is 0. The minimum absolute atomic E-state index is 0.221. The minimum atomic E-state index is 0.221. The number of nitrogens with zero attached hydrogens (tertiary/aromatic N) is 3. The Kier molecular flexibility index (Phi) is 9.45. The molecule has 0 saturated heterocycles. The van der Waals surface area contributed by atoms with E-state index < -0.39 is 0 Å². The third-order valence-corrected chi connectivity index (χ3v) is 5.35. The number of nitrogens with one attached hydrogen (secondary N) is 2. The second kappa shape index (κ2) is 11.8. The van der Waals surface area contributed by atoms with Crippen LogP contribution in [0.4, 0.5) is 0 Å². The van der Waals surface area contributed by atoms with Crippen molar-refractivity contribution in [2.75, 3.05) is 26.2 Å². The van der Waals surface area contributed by atoms with Crippen molar-refractivity contribution in [1.82, 2.24) is 20.4 Å². The van der Waals surface area contributed by atoms with Crippen LogP contribution in [-0.4, -0.2) is 59.9 Å². The SMILES string of the molecule is CCNC(=NCCCC(=O)N1Cc2ccccc2C1)NCCN(C(C)C)C(C)C. The molecule has 0 aromatic heterocycles. The number of carbonyl (C=O) groups is 1. The molecule has 0 bridgehead atoms. The van der Waals surface area contributed by atoms with Gasteiger partial charge in [-0.2, -0.15) is 0 Å². The van der Waals surface area contributed by atoms with E-state index in [9.17, 15) is 4.79 Å². The molecule has 0 atom stereocenters. The van der Waals surface area contributed by atoms with E-state index in [2.05, 4.69) is 67.3 Å². The van der Waals surface area contributed by atoms with E-state index in [0.29, 0.717) is 25.0 Å². The Labute approximate surface area is 176 Å². The molecule has 1 aliphatic rings. The largest absolute Gasteiger partial charge is 0.357 e. The molecule has 1 heterocycles. The zero-order valence-electron chi connectivity index (χ0n) is 18.9. The van der Waals surface area contributed by atoms with Gasteiger partial charge in [0.2, 0.25) is 5.91 Å². The van der Waals surface area contributed by atoms with Gasteiger partial charge in [0.1, 0.15) is 0 Å². The smallest absolute Gasteiger partial charge is 0.223 e. The van der Waals surface area contributed by atoms with Crippen LogP contribution in [0.3, 0.4) is 0 Å². The van der Waals surface area contributed by atoms with Gasteiger partial charge in [-0.1, -0.05) is 24.3 Å². The molecule has 29 heavy (non-hydrogen) atoms. The third kappa shape index (κ3) is 7.35. The topological polar surface area (TPSA) is 60.0 Å². The molecule has 1 amide bonds. The maximum absolute atomic E-state index is 12.5. The molecule has 6 heteroatoms. The fourth-order valence-corrected chi connectivity index (χ4v) is 3.85. The highest BCUT2D eigenvalue weighted by Crippen LogP contribution is 2.22. The average molecular weight is 402 g/mol. The molecule has 6 nitrogen and oxygen atoms in total. The van der Waals surface area contributed by atoms with Gasteiger partial charge in [0.15, 0.2) is 5.96 Å². The normalized spacial score (nSPS) is 14.1. The standard InChI is InChI=1S/C23H39N5O/c1-6-24-23(26-14-15-28(18(2)3)19(4)5)25-13-9-12-22(29)27-16-20-10-7-8-11-21(20)17-27/h7-8,10-11,18-19H,6,9,12-17H2,1-5H3,(H2,24,25,26). The Morgan fingerprint density at radius 2 is 1.72 bits per heavy atom. The molecule has 0 radical (unpaired) electrons. The van der Waals surface area contributed by atoms with Gasteiger partial charge in [0.25, 0.3) is 0 Å². The number of hydrogen-bond donors (Lipinski definition) is 2. The van der Waals surface area contributed by atoms with Crippen LogP contribution < -0.4 is 10.6 Å². The van der Waals surface area contributed by atoms with Crippen molar-refractivity contribution in [3.63, 3.8) is 0 Å². The lowest BCUT2D eigenvalue weighted by Gasteiger charge is -2.30. The predicted octanol–water partition coefficient (Wildman–Crippen LogP) is 2.98. The number of fused-ring (bicyclic) bond motifs is 1. The van der Waals surface area contributed by atoms with E-state index in [1.165, 1.54) is 11.1 Å². The first-order valence-electron chi connectivity index (χ1n) is 11.0. The summed E-state index contributed by atoms with van der Waals surface area (Å²) < 4.78 is 0. The van der Waals surface area contributed by atoms with Crippen molar-refractivity contribution in [3.05, 3.63) is 35.4 Å².